The first-order chi connectivity index (χ1) is 17.6. The Morgan fingerprint density at radius 3 is 2.56 bits per heavy atom. The predicted molar refractivity (Wildman–Crippen MR) is 135 cm³/mol. The van der Waals surface area contributed by atoms with Crippen LogP contribution < -0.4 is 10.1 Å². The second-order valence-corrected chi connectivity index (χ2v) is 9.00. The summed E-state index contributed by atoms with van der Waals surface area (Å²) >= 11 is 0. The molecule has 9 nitrogen and oxygen atoms in total. The molecule has 36 heavy (non-hydrogen) atoms. The van der Waals surface area contributed by atoms with E-state index in [-0.39, 0.29) is 24.9 Å². The number of benzene rings is 2. The van der Waals surface area contributed by atoms with Crippen molar-refractivity contribution in [2.24, 2.45) is 0 Å². The van der Waals surface area contributed by atoms with Crippen LogP contribution in [0.25, 0.3) is 11.0 Å². The third-order valence-corrected chi connectivity index (χ3v) is 6.79. The van der Waals surface area contributed by atoms with E-state index in [9.17, 15) is 9.59 Å². The van der Waals surface area contributed by atoms with E-state index in [0.717, 1.165) is 29.4 Å². The van der Waals surface area contributed by atoms with Gasteiger partial charge in [0, 0.05) is 24.6 Å². The van der Waals surface area contributed by atoms with Crippen molar-refractivity contribution >= 4 is 28.5 Å². The normalized spacial score (nSPS) is 14.5. The summed E-state index contributed by atoms with van der Waals surface area (Å²) in [7, 11) is 1.60. The number of nitrogens with one attached hydrogen (secondary N) is 1. The number of aromatic nitrogens is 4. The zero-order valence-corrected chi connectivity index (χ0v) is 20.1. The molecule has 0 atom stereocenters. The molecule has 1 aliphatic rings. The third-order valence-electron chi connectivity index (χ3n) is 6.79. The number of pyridine rings is 1. The monoisotopic (exact) mass is 484 g/mol. The average molecular weight is 485 g/mol. The summed E-state index contributed by atoms with van der Waals surface area (Å²) < 4.78 is 6.82. The van der Waals surface area contributed by atoms with Crippen molar-refractivity contribution in [2.75, 3.05) is 12.4 Å². The zero-order valence-electron chi connectivity index (χ0n) is 20.1. The molecule has 0 unspecified atom stereocenters. The number of para-hydroxylation sites is 1. The van der Waals surface area contributed by atoms with Crippen molar-refractivity contribution in [3.8, 4) is 5.75 Å². The number of amides is 2. The van der Waals surface area contributed by atoms with Crippen LogP contribution in [0.4, 0.5) is 5.69 Å². The molecular weight excluding hydrogens is 456 g/mol. The largest absolute Gasteiger partial charge is 0.497 e. The lowest BCUT2D eigenvalue weighted by Crippen LogP contribution is -2.57. The molecule has 9 heteroatoms. The number of carbonyl (C=O) groups excluding carboxylic acids is 2. The van der Waals surface area contributed by atoms with Crippen molar-refractivity contribution in [3.63, 3.8) is 0 Å². The zero-order chi connectivity index (χ0) is 25.0. The fourth-order valence-electron chi connectivity index (χ4n) is 4.90. The van der Waals surface area contributed by atoms with E-state index in [4.69, 9.17) is 4.74 Å². The molecule has 2 aromatic heterocycles. The maximum atomic E-state index is 13.9. The van der Waals surface area contributed by atoms with E-state index in [1.807, 2.05) is 36.4 Å². The Kier molecular flexibility index (Phi) is 6.62. The minimum Gasteiger partial charge on any atom is -0.497 e. The van der Waals surface area contributed by atoms with Gasteiger partial charge in [-0.15, -0.1) is 5.10 Å². The number of nitrogens with zero attached hydrogens (tertiary/aromatic N) is 5. The Labute approximate surface area is 209 Å². The minimum atomic E-state index is -0.983. The first-order valence-corrected chi connectivity index (χ1v) is 12.0. The predicted octanol–water partition coefficient (Wildman–Crippen LogP) is 3.82. The average Bonchev–Trinajstić information content (AvgIpc) is 3.57. The first-order valence-electron chi connectivity index (χ1n) is 12.0. The maximum absolute atomic E-state index is 13.9. The number of anilines is 1. The highest BCUT2D eigenvalue weighted by Gasteiger charge is 2.48. The third kappa shape index (κ3) is 4.64. The van der Waals surface area contributed by atoms with Crippen LogP contribution in [0.3, 0.4) is 0 Å². The Balaban J connectivity index is 1.47. The molecule has 1 fully saturated rings. The number of rotatable bonds is 8. The number of methoxy groups -OCH3 is 1. The number of fused-ring (bicyclic) bond motifs is 1. The van der Waals surface area contributed by atoms with Gasteiger partial charge >= 0.3 is 0 Å². The second kappa shape index (κ2) is 10.2. The van der Waals surface area contributed by atoms with Gasteiger partial charge in [-0.05, 0) is 60.9 Å². The van der Waals surface area contributed by atoms with Gasteiger partial charge < -0.3 is 15.0 Å². The summed E-state index contributed by atoms with van der Waals surface area (Å²) in [6, 6.07) is 18.5. The van der Waals surface area contributed by atoms with Crippen molar-refractivity contribution in [1.29, 1.82) is 0 Å². The van der Waals surface area contributed by atoms with Crippen LogP contribution in [0.5, 0.6) is 5.75 Å². The molecule has 184 valence electrons. The van der Waals surface area contributed by atoms with Crippen LogP contribution in [-0.4, -0.2) is 49.3 Å². The summed E-state index contributed by atoms with van der Waals surface area (Å²) in [5.41, 5.74) is 2.02. The molecule has 1 N–H and O–H groups in total. The Hall–Kier alpha value is -4.27. The smallest absolute Gasteiger partial charge is 0.250 e. The van der Waals surface area contributed by atoms with Gasteiger partial charge in [0.25, 0.3) is 0 Å². The van der Waals surface area contributed by atoms with E-state index in [1.54, 1.807) is 53.4 Å². The SMILES string of the molecule is COc1ccc(NC(=O)C2(N(Cc3cccnc3)C(=O)Cn3nnc4ccccc43)CCCC2)cc1. The molecule has 2 heterocycles. The van der Waals surface area contributed by atoms with Crippen LogP contribution in [0.2, 0.25) is 0 Å². The van der Waals surface area contributed by atoms with E-state index in [0.29, 0.717) is 24.3 Å². The lowest BCUT2D eigenvalue weighted by Gasteiger charge is -2.40. The molecule has 0 spiro atoms. The Morgan fingerprint density at radius 1 is 1.06 bits per heavy atom. The molecular formula is C27H28N6O3. The Morgan fingerprint density at radius 2 is 1.83 bits per heavy atom. The van der Waals surface area contributed by atoms with Crippen molar-refractivity contribution in [2.45, 2.75) is 44.3 Å². The summed E-state index contributed by atoms with van der Waals surface area (Å²) in [5.74, 6) is 0.323. The van der Waals surface area contributed by atoms with Gasteiger partial charge in [-0.1, -0.05) is 36.3 Å². The topological polar surface area (TPSA) is 102 Å². The van der Waals surface area contributed by atoms with E-state index in [2.05, 4.69) is 20.6 Å². The maximum Gasteiger partial charge on any atom is 0.250 e. The van der Waals surface area contributed by atoms with Gasteiger partial charge in [-0.3, -0.25) is 14.6 Å². The number of hydrogen-bond acceptors (Lipinski definition) is 6. The van der Waals surface area contributed by atoms with Gasteiger partial charge in [-0.2, -0.15) is 0 Å². The number of hydrogen-bond donors (Lipinski definition) is 1. The molecule has 0 bridgehead atoms. The van der Waals surface area contributed by atoms with E-state index in [1.165, 1.54) is 0 Å². The van der Waals surface area contributed by atoms with Crippen LogP contribution >= 0.6 is 0 Å². The lowest BCUT2D eigenvalue weighted by atomic mass is 9.92. The summed E-state index contributed by atoms with van der Waals surface area (Å²) in [6.45, 7) is 0.258. The van der Waals surface area contributed by atoms with Crippen LogP contribution in [0, 0.1) is 0 Å². The van der Waals surface area contributed by atoms with Crippen molar-refractivity contribution < 1.29 is 14.3 Å². The molecule has 0 saturated heterocycles. The highest BCUT2D eigenvalue weighted by Crippen LogP contribution is 2.38. The minimum absolute atomic E-state index is 0.0155. The first kappa shape index (κ1) is 23.5. The second-order valence-electron chi connectivity index (χ2n) is 9.00. The fraction of sp³-hybridized carbons (Fsp3) is 0.296. The van der Waals surface area contributed by atoms with Crippen molar-refractivity contribution in [1.82, 2.24) is 24.9 Å². The molecule has 4 aromatic rings. The standard InChI is InChI=1S/C27H28N6O3/c1-36-22-12-10-21(11-13-22)29-26(35)27(14-4-5-15-27)32(18-20-7-6-16-28-17-20)25(34)19-33-24-9-3-2-8-23(24)30-31-33/h2-3,6-13,16-17H,4-5,14-15,18-19H2,1H3,(H,29,35). The van der Waals surface area contributed by atoms with Crippen molar-refractivity contribution in [3.05, 3.63) is 78.6 Å². The van der Waals surface area contributed by atoms with Gasteiger partial charge in [-0.25, -0.2) is 4.68 Å². The number of ether oxygens (including phenoxy) is 1. The van der Waals surface area contributed by atoms with Gasteiger partial charge in [0.15, 0.2) is 0 Å². The molecule has 5 rings (SSSR count). The van der Waals surface area contributed by atoms with E-state index >= 15 is 0 Å². The number of carbonyl (C=O) groups is 2. The van der Waals surface area contributed by atoms with Gasteiger partial charge in [0.1, 0.15) is 23.3 Å². The Bertz CT molecular complexity index is 1350. The van der Waals surface area contributed by atoms with Crippen LogP contribution in [-0.2, 0) is 22.7 Å². The lowest BCUT2D eigenvalue weighted by molar-refractivity contribution is -0.147. The molecule has 2 aromatic carbocycles. The van der Waals surface area contributed by atoms with Gasteiger partial charge in [0.05, 0.1) is 12.6 Å². The highest BCUT2D eigenvalue weighted by molar-refractivity contribution is 6.01. The molecule has 1 saturated carbocycles. The van der Waals surface area contributed by atoms with Crippen LogP contribution in [0.1, 0.15) is 31.2 Å². The molecule has 2 amide bonds. The van der Waals surface area contributed by atoms with E-state index < -0.39 is 5.54 Å². The summed E-state index contributed by atoms with van der Waals surface area (Å²) in [6.07, 6.45) is 6.31. The highest BCUT2D eigenvalue weighted by atomic mass is 16.5. The summed E-state index contributed by atoms with van der Waals surface area (Å²) in [4.78, 5) is 33.7. The summed E-state index contributed by atoms with van der Waals surface area (Å²) in [5, 5.41) is 11.4. The molecule has 0 radical (unpaired) electrons. The quantitative estimate of drug-likeness (QED) is 0.408. The molecule has 1 aliphatic carbocycles. The van der Waals surface area contributed by atoms with Gasteiger partial charge in [0.2, 0.25) is 11.8 Å². The fourth-order valence-corrected chi connectivity index (χ4v) is 4.90. The molecule has 0 aliphatic heterocycles. The van der Waals surface area contributed by atoms with Crippen LogP contribution in [0.15, 0.2) is 73.1 Å².